The number of amides is 2. The van der Waals surface area contributed by atoms with Crippen LogP contribution in [0.4, 0.5) is 4.79 Å². The summed E-state index contributed by atoms with van der Waals surface area (Å²) in [5.41, 5.74) is 1.01. The monoisotopic (exact) mass is 247 g/mol. The van der Waals surface area contributed by atoms with Crippen molar-refractivity contribution in [3.8, 4) is 0 Å². The van der Waals surface area contributed by atoms with Gasteiger partial charge < -0.3 is 15.0 Å². The van der Waals surface area contributed by atoms with E-state index in [1.807, 2.05) is 18.2 Å². The fourth-order valence-electron chi connectivity index (χ4n) is 2.20. The number of nitrogens with one attached hydrogen (secondary N) is 1. The van der Waals surface area contributed by atoms with Gasteiger partial charge in [0.25, 0.3) is 0 Å². The third kappa shape index (κ3) is 1.90. The molecule has 3 rings (SSSR count). The van der Waals surface area contributed by atoms with Gasteiger partial charge in [-0.3, -0.25) is 9.78 Å². The summed E-state index contributed by atoms with van der Waals surface area (Å²) in [6.07, 6.45) is 1.24. The summed E-state index contributed by atoms with van der Waals surface area (Å²) >= 11 is 0. The zero-order chi connectivity index (χ0) is 12.5. The SMILES string of the molecule is O=C1N[C@H](C(=O)N2CC(c3ccccn3)C2)CO1. The van der Waals surface area contributed by atoms with Gasteiger partial charge in [-0.25, -0.2) is 4.79 Å². The minimum atomic E-state index is -0.526. The Bertz CT molecular complexity index is 471. The van der Waals surface area contributed by atoms with Crippen molar-refractivity contribution in [1.82, 2.24) is 15.2 Å². The van der Waals surface area contributed by atoms with Crippen LogP contribution in [0.1, 0.15) is 11.6 Å². The molecule has 2 fully saturated rings. The summed E-state index contributed by atoms with van der Waals surface area (Å²) in [4.78, 5) is 28.8. The van der Waals surface area contributed by atoms with E-state index in [-0.39, 0.29) is 12.5 Å². The number of carbonyl (C=O) groups is 2. The van der Waals surface area contributed by atoms with Crippen LogP contribution in [0, 0.1) is 0 Å². The Labute approximate surface area is 104 Å². The van der Waals surface area contributed by atoms with Crippen LogP contribution >= 0.6 is 0 Å². The first kappa shape index (κ1) is 11.0. The number of aromatic nitrogens is 1. The van der Waals surface area contributed by atoms with Crippen molar-refractivity contribution in [2.75, 3.05) is 19.7 Å². The molecule has 1 N–H and O–H groups in total. The normalized spacial score (nSPS) is 23.2. The lowest BCUT2D eigenvalue weighted by atomic mass is 9.95. The number of hydrogen-bond acceptors (Lipinski definition) is 4. The first-order valence-corrected chi connectivity index (χ1v) is 5.87. The summed E-state index contributed by atoms with van der Waals surface area (Å²) in [6.45, 7) is 1.44. The quantitative estimate of drug-likeness (QED) is 0.805. The van der Waals surface area contributed by atoms with Gasteiger partial charge in [-0.1, -0.05) is 6.07 Å². The molecule has 0 saturated carbocycles. The lowest BCUT2D eigenvalue weighted by Crippen LogP contribution is -2.55. The molecule has 0 aromatic carbocycles. The number of rotatable bonds is 2. The Kier molecular flexibility index (Phi) is 2.62. The molecule has 0 radical (unpaired) electrons. The van der Waals surface area contributed by atoms with Crippen molar-refractivity contribution >= 4 is 12.0 Å². The topological polar surface area (TPSA) is 71.5 Å². The van der Waals surface area contributed by atoms with E-state index in [2.05, 4.69) is 10.3 Å². The van der Waals surface area contributed by atoms with Crippen LogP contribution in [0.3, 0.4) is 0 Å². The average Bonchev–Trinajstić information content (AvgIpc) is 2.75. The predicted molar refractivity (Wildman–Crippen MR) is 61.8 cm³/mol. The summed E-state index contributed by atoms with van der Waals surface area (Å²) in [5.74, 6) is 0.223. The Morgan fingerprint density at radius 1 is 1.44 bits per heavy atom. The third-order valence-electron chi connectivity index (χ3n) is 3.27. The number of ether oxygens (including phenoxy) is 1. The van der Waals surface area contributed by atoms with Crippen molar-refractivity contribution < 1.29 is 14.3 Å². The molecule has 0 spiro atoms. The van der Waals surface area contributed by atoms with E-state index in [0.717, 1.165) is 5.69 Å². The molecule has 0 aliphatic carbocycles. The molecule has 1 aromatic rings. The van der Waals surface area contributed by atoms with Gasteiger partial charge in [-0.2, -0.15) is 0 Å². The number of likely N-dealkylation sites (tertiary alicyclic amines) is 1. The second-order valence-electron chi connectivity index (χ2n) is 4.49. The smallest absolute Gasteiger partial charge is 0.407 e. The van der Waals surface area contributed by atoms with Crippen molar-refractivity contribution in [2.24, 2.45) is 0 Å². The van der Waals surface area contributed by atoms with Crippen LogP contribution in [0.15, 0.2) is 24.4 Å². The van der Waals surface area contributed by atoms with Gasteiger partial charge in [0.1, 0.15) is 12.6 Å². The average molecular weight is 247 g/mol. The summed E-state index contributed by atoms with van der Waals surface area (Å²) in [5, 5.41) is 2.49. The summed E-state index contributed by atoms with van der Waals surface area (Å²) in [6, 6.07) is 5.25. The van der Waals surface area contributed by atoms with Crippen LogP contribution in [0.25, 0.3) is 0 Å². The van der Waals surface area contributed by atoms with Gasteiger partial charge in [0.2, 0.25) is 5.91 Å². The standard InChI is InChI=1S/C12H13N3O3/c16-11(10-7-18-12(17)14-10)15-5-8(6-15)9-3-1-2-4-13-9/h1-4,8,10H,5-7H2,(H,14,17)/t10-/m0/s1. The molecule has 1 aromatic heterocycles. The maximum atomic E-state index is 12.0. The second-order valence-corrected chi connectivity index (χ2v) is 4.49. The molecular weight excluding hydrogens is 234 g/mol. The van der Waals surface area contributed by atoms with Gasteiger partial charge in [-0.05, 0) is 12.1 Å². The van der Waals surface area contributed by atoms with E-state index in [0.29, 0.717) is 19.0 Å². The summed E-state index contributed by atoms with van der Waals surface area (Å²) < 4.78 is 4.71. The Balaban J connectivity index is 1.56. The van der Waals surface area contributed by atoms with E-state index in [1.165, 1.54) is 0 Å². The molecule has 0 unspecified atom stereocenters. The molecule has 0 bridgehead atoms. The van der Waals surface area contributed by atoms with E-state index < -0.39 is 12.1 Å². The Morgan fingerprint density at radius 2 is 2.28 bits per heavy atom. The number of cyclic esters (lactones) is 1. The Morgan fingerprint density at radius 3 is 2.89 bits per heavy atom. The van der Waals surface area contributed by atoms with Crippen LogP contribution in [-0.4, -0.2) is 47.6 Å². The highest BCUT2D eigenvalue weighted by Gasteiger charge is 2.38. The zero-order valence-corrected chi connectivity index (χ0v) is 9.70. The van der Waals surface area contributed by atoms with E-state index in [9.17, 15) is 9.59 Å². The highest BCUT2D eigenvalue weighted by Crippen LogP contribution is 2.26. The van der Waals surface area contributed by atoms with Crippen molar-refractivity contribution in [3.63, 3.8) is 0 Å². The van der Waals surface area contributed by atoms with Gasteiger partial charge in [0, 0.05) is 30.9 Å². The maximum Gasteiger partial charge on any atom is 0.407 e. The molecule has 6 heteroatoms. The number of hydrogen-bond donors (Lipinski definition) is 1. The summed E-state index contributed by atoms with van der Waals surface area (Å²) in [7, 11) is 0. The third-order valence-corrected chi connectivity index (χ3v) is 3.27. The lowest BCUT2D eigenvalue weighted by molar-refractivity contribution is -0.137. The van der Waals surface area contributed by atoms with Gasteiger partial charge in [-0.15, -0.1) is 0 Å². The lowest BCUT2D eigenvalue weighted by Gasteiger charge is -2.39. The predicted octanol–water partition coefficient (Wildman–Crippen LogP) is 0.116. The molecule has 18 heavy (non-hydrogen) atoms. The fraction of sp³-hybridized carbons (Fsp3) is 0.417. The van der Waals surface area contributed by atoms with Crippen molar-refractivity contribution in [3.05, 3.63) is 30.1 Å². The van der Waals surface area contributed by atoms with Crippen molar-refractivity contribution in [2.45, 2.75) is 12.0 Å². The highest BCUT2D eigenvalue weighted by atomic mass is 16.6. The van der Waals surface area contributed by atoms with Crippen LogP contribution in [0.2, 0.25) is 0 Å². The second kappa shape index (κ2) is 4.29. The molecule has 2 aliphatic heterocycles. The number of carbonyl (C=O) groups excluding carboxylic acids is 2. The molecule has 3 heterocycles. The molecule has 2 aliphatic rings. The number of pyridine rings is 1. The molecule has 2 saturated heterocycles. The van der Waals surface area contributed by atoms with E-state index in [1.54, 1.807) is 11.1 Å². The molecule has 2 amide bonds. The zero-order valence-electron chi connectivity index (χ0n) is 9.70. The Hall–Kier alpha value is -2.11. The maximum absolute atomic E-state index is 12.0. The fourth-order valence-corrected chi connectivity index (χ4v) is 2.20. The molecular formula is C12H13N3O3. The molecule has 1 atom stereocenters. The first-order valence-electron chi connectivity index (χ1n) is 5.87. The van der Waals surface area contributed by atoms with Gasteiger partial charge in [0.05, 0.1) is 0 Å². The van der Waals surface area contributed by atoms with Crippen LogP contribution < -0.4 is 5.32 Å². The van der Waals surface area contributed by atoms with Gasteiger partial charge >= 0.3 is 6.09 Å². The number of alkyl carbamates (subject to hydrolysis) is 1. The molecule has 6 nitrogen and oxygen atoms in total. The minimum absolute atomic E-state index is 0.0759. The first-order chi connectivity index (χ1) is 8.74. The minimum Gasteiger partial charge on any atom is -0.447 e. The van der Waals surface area contributed by atoms with Crippen molar-refractivity contribution in [1.29, 1.82) is 0 Å². The van der Waals surface area contributed by atoms with Crippen LogP contribution in [-0.2, 0) is 9.53 Å². The number of nitrogens with zero attached hydrogens (tertiary/aromatic N) is 2. The van der Waals surface area contributed by atoms with Gasteiger partial charge in [0.15, 0.2) is 0 Å². The van der Waals surface area contributed by atoms with Crippen LogP contribution in [0.5, 0.6) is 0 Å². The highest BCUT2D eigenvalue weighted by molar-refractivity contribution is 5.88. The largest absolute Gasteiger partial charge is 0.447 e. The van der Waals surface area contributed by atoms with E-state index in [4.69, 9.17) is 4.74 Å². The van der Waals surface area contributed by atoms with E-state index >= 15 is 0 Å². The molecule has 94 valence electrons.